The number of hydrogen-bond donors (Lipinski definition) is 3. The highest BCUT2D eigenvalue weighted by atomic mass is 35.5. The third-order valence-electron chi connectivity index (χ3n) is 14.6. The van der Waals surface area contributed by atoms with E-state index in [1.165, 1.54) is 28.8 Å². The molecule has 0 spiro atoms. The molecule has 1 amide bonds. The zero-order valence-electron chi connectivity index (χ0n) is 38.7. The molecular formula is C51H59ClN10O5S. The molecule has 3 aromatic heterocycles. The highest BCUT2D eigenvalue weighted by molar-refractivity contribution is 7.90. The number of piperazine rings is 1. The summed E-state index contributed by atoms with van der Waals surface area (Å²) >= 11 is 6.28. The van der Waals surface area contributed by atoms with Gasteiger partial charge < -0.3 is 19.9 Å². The number of piperidine rings is 1. The average Bonchev–Trinajstić information content (AvgIpc) is 4.00. The summed E-state index contributed by atoms with van der Waals surface area (Å²) in [5.74, 6) is -0.422. The molecule has 1 aliphatic carbocycles. The summed E-state index contributed by atoms with van der Waals surface area (Å²) in [5.41, 5.74) is 8.21. The van der Waals surface area contributed by atoms with Gasteiger partial charge in [-0.3, -0.25) is 19.5 Å². The molecule has 3 saturated heterocycles. The first kappa shape index (κ1) is 46.1. The molecule has 0 bridgehead atoms. The van der Waals surface area contributed by atoms with Crippen molar-refractivity contribution in [2.24, 2.45) is 16.5 Å². The smallest absolute Gasteiger partial charge is 0.267 e. The number of nitrogens with one attached hydrogen (secondary N) is 3. The van der Waals surface area contributed by atoms with Gasteiger partial charge in [0.15, 0.2) is 5.65 Å². The van der Waals surface area contributed by atoms with Crippen molar-refractivity contribution in [2.45, 2.75) is 69.7 Å². The number of ether oxygens (including phenoxy) is 1. The molecule has 6 heterocycles. The van der Waals surface area contributed by atoms with E-state index < -0.39 is 15.9 Å². The Labute approximate surface area is 402 Å². The van der Waals surface area contributed by atoms with Crippen LogP contribution in [0.5, 0.6) is 0 Å². The monoisotopic (exact) mass is 958 g/mol. The van der Waals surface area contributed by atoms with Crippen LogP contribution in [0.4, 0.5) is 17.1 Å². The van der Waals surface area contributed by atoms with E-state index in [0.29, 0.717) is 46.6 Å². The normalized spacial score (nSPS) is 19.2. The summed E-state index contributed by atoms with van der Waals surface area (Å²) in [4.78, 5) is 42.7. The number of sulfonamides is 1. The summed E-state index contributed by atoms with van der Waals surface area (Å²) < 4.78 is 37.5. The number of amides is 1. The van der Waals surface area contributed by atoms with Crippen LogP contribution in [0.15, 0.2) is 101 Å². The number of benzene rings is 3. The van der Waals surface area contributed by atoms with Gasteiger partial charge in [0.1, 0.15) is 11.2 Å². The lowest BCUT2D eigenvalue weighted by Gasteiger charge is -2.39. The number of nitrogens with zero attached hydrogens (tertiary/aromatic N) is 7. The molecule has 15 nitrogen and oxygen atoms in total. The second kappa shape index (κ2) is 19.4. The number of carbonyl (C=O) groups is 1. The van der Waals surface area contributed by atoms with Crippen molar-refractivity contribution in [3.63, 3.8) is 0 Å². The van der Waals surface area contributed by atoms with Gasteiger partial charge in [0.05, 0.1) is 27.4 Å². The van der Waals surface area contributed by atoms with E-state index in [1.807, 2.05) is 36.4 Å². The number of anilines is 2. The van der Waals surface area contributed by atoms with Crippen LogP contribution in [0.25, 0.3) is 33.3 Å². The van der Waals surface area contributed by atoms with Gasteiger partial charge in [-0.15, -0.1) is 4.91 Å². The first-order chi connectivity index (χ1) is 32.9. The number of H-pyrrole nitrogens is 1. The van der Waals surface area contributed by atoms with E-state index in [0.717, 1.165) is 120 Å². The second-order valence-electron chi connectivity index (χ2n) is 19.7. The fourth-order valence-electron chi connectivity index (χ4n) is 10.6. The van der Waals surface area contributed by atoms with Crippen molar-refractivity contribution in [1.29, 1.82) is 0 Å². The predicted molar refractivity (Wildman–Crippen MR) is 269 cm³/mol. The maximum atomic E-state index is 14.3. The van der Waals surface area contributed by atoms with Crippen LogP contribution >= 0.6 is 11.6 Å². The van der Waals surface area contributed by atoms with E-state index in [2.05, 4.69) is 66.0 Å². The van der Waals surface area contributed by atoms with Crippen LogP contribution in [0.1, 0.15) is 74.7 Å². The SMILES string of the molecule is CC1(C)CCC(CN2CCN(c3ccc(C(=O)NS(=O)(=O)c4ccc(NCC5CCN(C6CCOCC6)CC5)c(N=O)c4)c(-n4[nH]cc5nc6nccc6cc54)c3)CC2)=C(c2ccc(Cl)cc2)C1. The van der Waals surface area contributed by atoms with E-state index in [9.17, 15) is 18.1 Å². The zero-order valence-corrected chi connectivity index (χ0v) is 40.3. The molecule has 3 aliphatic heterocycles. The lowest BCUT2D eigenvalue weighted by molar-refractivity contribution is 0.0219. The van der Waals surface area contributed by atoms with Gasteiger partial charge >= 0.3 is 0 Å². The lowest BCUT2D eigenvalue weighted by atomic mass is 9.72. The van der Waals surface area contributed by atoms with Crippen molar-refractivity contribution in [2.75, 3.05) is 75.8 Å². The number of fused-ring (bicyclic) bond motifs is 2. The molecule has 17 heteroatoms. The molecule has 10 rings (SSSR count). The van der Waals surface area contributed by atoms with Crippen LogP contribution < -0.4 is 14.9 Å². The van der Waals surface area contributed by atoms with Crippen LogP contribution in [-0.4, -0.2) is 115 Å². The molecule has 0 radical (unpaired) electrons. The summed E-state index contributed by atoms with van der Waals surface area (Å²) in [7, 11) is -4.44. The number of nitroso groups, excluding NO2 is 1. The lowest BCUT2D eigenvalue weighted by Crippen LogP contribution is -2.47. The third kappa shape index (κ3) is 9.93. The van der Waals surface area contributed by atoms with Gasteiger partial charge in [-0.25, -0.2) is 23.1 Å². The highest BCUT2D eigenvalue weighted by Gasteiger charge is 2.31. The van der Waals surface area contributed by atoms with Gasteiger partial charge in [0.25, 0.3) is 15.9 Å². The van der Waals surface area contributed by atoms with Crippen LogP contribution in [0.2, 0.25) is 5.02 Å². The minimum absolute atomic E-state index is 0.0410. The number of hydrogen-bond acceptors (Lipinski definition) is 12. The maximum Gasteiger partial charge on any atom is 0.267 e. The molecule has 0 unspecified atom stereocenters. The van der Waals surface area contributed by atoms with Crippen LogP contribution in [0.3, 0.4) is 0 Å². The van der Waals surface area contributed by atoms with Gasteiger partial charge in [-0.05, 0) is 146 Å². The summed E-state index contributed by atoms with van der Waals surface area (Å²) in [6.07, 6.45) is 10.9. The summed E-state index contributed by atoms with van der Waals surface area (Å²) in [6, 6.07) is 22.3. The summed E-state index contributed by atoms with van der Waals surface area (Å²) in [5, 5.41) is 11.4. The van der Waals surface area contributed by atoms with Crippen molar-refractivity contribution in [3.8, 4) is 5.69 Å². The van der Waals surface area contributed by atoms with E-state index >= 15 is 0 Å². The predicted octanol–water partition coefficient (Wildman–Crippen LogP) is 9.16. The molecule has 3 fully saturated rings. The molecule has 4 aliphatic rings. The van der Waals surface area contributed by atoms with Crippen LogP contribution in [0, 0.1) is 16.2 Å². The number of pyridine rings is 1. The second-order valence-corrected chi connectivity index (χ2v) is 21.8. The van der Waals surface area contributed by atoms with Gasteiger partial charge in [0.2, 0.25) is 0 Å². The fourth-order valence-corrected chi connectivity index (χ4v) is 11.7. The average molecular weight is 960 g/mol. The minimum Gasteiger partial charge on any atom is -0.383 e. The Morgan fingerprint density at radius 2 is 1.72 bits per heavy atom. The Balaban J connectivity index is 0.860. The Morgan fingerprint density at radius 1 is 0.941 bits per heavy atom. The fraction of sp³-hybridized carbons (Fsp3) is 0.431. The number of aromatic amines is 1. The van der Waals surface area contributed by atoms with Crippen molar-refractivity contribution >= 4 is 72.2 Å². The van der Waals surface area contributed by atoms with Crippen LogP contribution in [-0.2, 0) is 14.8 Å². The van der Waals surface area contributed by atoms with Gasteiger partial charge in [-0.2, -0.15) is 0 Å². The number of carbonyl (C=O) groups excluding carboxylic acids is 1. The van der Waals surface area contributed by atoms with Gasteiger partial charge in [-0.1, -0.05) is 43.2 Å². The molecule has 68 heavy (non-hydrogen) atoms. The highest BCUT2D eigenvalue weighted by Crippen LogP contribution is 2.43. The molecule has 3 N–H and O–H groups in total. The first-order valence-corrected chi connectivity index (χ1v) is 25.8. The maximum absolute atomic E-state index is 14.3. The number of allylic oxidation sites excluding steroid dienone is 1. The Kier molecular flexibility index (Phi) is 13.1. The first-order valence-electron chi connectivity index (χ1n) is 23.9. The zero-order chi connectivity index (χ0) is 47.0. The van der Waals surface area contributed by atoms with E-state index in [4.69, 9.17) is 21.3 Å². The topological polar surface area (TPSA) is 170 Å². The summed E-state index contributed by atoms with van der Waals surface area (Å²) in [6.45, 7) is 13.1. The van der Waals surface area contributed by atoms with Crippen molar-refractivity contribution in [3.05, 3.63) is 112 Å². The Bertz CT molecular complexity index is 2960. The third-order valence-corrected chi connectivity index (χ3v) is 16.2. The van der Waals surface area contributed by atoms with Crippen molar-refractivity contribution in [1.82, 2.24) is 34.3 Å². The molecule has 356 valence electrons. The number of rotatable bonds is 13. The molecular weight excluding hydrogens is 900 g/mol. The van der Waals surface area contributed by atoms with E-state index in [1.54, 1.807) is 29.2 Å². The van der Waals surface area contributed by atoms with E-state index in [-0.39, 0.29) is 21.6 Å². The molecule has 0 saturated carbocycles. The molecule has 6 aromatic rings. The minimum atomic E-state index is -4.44. The molecule has 3 aromatic carbocycles. The number of aromatic nitrogens is 4. The number of halogens is 1. The standard InChI is InChI=1S/C51H59ClN10O5S/c1-51(2)17-11-37(43(30-51)35-3-5-38(52)6-4-35)33-59-21-23-61(24-22-59)40-7-9-42(47(28-40)62-48-27-36-12-18-53-49(36)56-46(48)32-55-62)50(63)58-68(65,66)41-8-10-44(45(29-41)57-64)54-31-34-13-19-60(20-14-34)39-15-25-67-26-16-39/h3-10,12,18,27-29,32,34,39,54-55H,11,13-17,19-26,30-31,33H2,1-2H3,(H,58,63). The van der Waals surface area contributed by atoms with Gasteiger partial charge in [0, 0.05) is 87.0 Å². The molecule has 0 atom stereocenters. The Hall–Kier alpha value is -5.65. The number of likely N-dealkylation sites (tertiary alicyclic amines) is 1. The Morgan fingerprint density at radius 3 is 2.49 bits per heavy atom. The quantitative estimate of drug-likeness (QED) is 0.0944. The largest absolute Gasteiger partial charge is 0.383 e. The van der Waals surface area contributed by atoms with Crippen molar-refractivity contribution < 1.29 is 17.9 Å².